The summed E-state index contributed by atoms with van der Waals surface area (Å²) in [6.45, 7) is 0. The second-order valence-electron chi connectivity index (χ2n) is 3.08. The predicted molar refractivity (Wildman–Crippen MR) is 61.6 cm³/mol. The molecule has 1 aromatic carbocycles. The van der Waals surface area contributed by atoms with E-state index in [2.05, 4.69) is 5.10 Å². The molecule has 0 saturated carbocycles. The topological polar surface area (TPSA) is 54.9 Å². The first-order valence-corrected chi connectivity index (χ1v) is 5.11. The molecule has 0 amide bonds. The lowest BCUT2D eigenvalue weighted by Crippen LogP contribution is -2.18. The van der Waals surface area contributed by atoms with Crippen molar-refractivity contribution in [1.29, 1.82) is 0 Å². The van der Waals surface area contributed by atoms with Crippen LogP contribution in [0.4, 0.5) is 0 Å². The lowest BCUT2D eigenvalue weighted by atomic mass is 10.3. The highest BCUT2D eigenvalue weighted by molar-refractivity contribution is 6.67. The Kier molecular flexibility index (Phi) is 2.85. The van der Waals surface area contributed by atoms with Crippen LogP contribution in [0.3, 0.4) is 0 Å². The van der Waals surface area contributed by atoms with Crippen LogP contribution >= 0.6 is 23.2 Å². The van der Waals surface area contributed by atoms with Crippen molar-refractivity contribution in [2.75, 3.05) is 0 Å². The summed E-state index contributed by atoms with van der Waals surface area (Å²) in [7, 11) is 0. The van der Waals surface area contributed by atoms with Crippen LogP contribution in [0.1, 0.15) is 10.4 Å². The molecule has 0 fully saturated rings. The Hall–Kier alpha value is -1.52. The standard InChI is InChI=1S/C10H6Cl2N2O2/c11-6-1-3-7(4-2-6)14-10(16)8(5-13-14)9(12)15/h1-5,13H. The van der Waals surface area contributed by atoms with Crippen molar-refractivity contribution in [2.45, 2.75) is 0 Å². The third kappa shape index (κ3) is 1.89. The summed E-state index contributed by atoms with van der Waals surface area (Å²) >= 11 is 11.0. The molecule has 0 spiro atoms. The van der Waals surface area contributed by atoms with Crippen LogP contribution in [0.15, 0.2) is 35.3 Å². The maximum Gasteiger partial charge on any atom is 0.283 e. The fourth-order valence-corrected chi connectivity index (χ4v) is 1.55. The quantitative estimate of drug-likeness (QED) is 0.838. The lowest BCUT2D eigenvalue weighted by Gasteiger charge is -2.00. The average molecular weight is 257 g/mol. The zero-order chi connectivity index (χ0) is 11.7. The monoisotopic (exact) mass is 256 g/mol. The molecule has 0 atom stereocenters. The molecule has 1 aromatic heterocycles. The number of hydrogen-bond donors (Lipinski definition) is 1. The molecule has 82 valence electrons. The maximum absolute atomic E-state index is 11.7. The molecule has 16 heavy (non-hydrogen) atoms. The molecule has 0 aliphatic rings. The van der Waals surface area contributed by atoms with Crippen molar-refractivity contribution < 1.29 is 4.79 Å². The minimum Gasteiger partial charge on any atom is -0.297 e. The number of hydrogen-bond acceptors (Lipinski definition) is 2. The van der Waals surface area contributed by atoms with Crippen molar-refractivity contribution in [3.8, 4) is 5.69 Å². The molecular weight excluding hydrogens is 251 g/mol. The molecule has 0 aliphatic heterocycles. The number of aromatic nitrogens is 2. The zero-order valence-corrected chi connectivity index (χ0v) is 9.42. The highest BCUT2D eigenvalue weighted by Gasteiger charge is 2.12. The first-order chi connectivity index (χ1) is 7.59. The zero-order valence-electron chi connectivity index (χ0n) is 7.91. The van der Waals surface area contributed by atoms with Crippen LogP contribution in [-0.4, -0.2) is 15.0 Å². The van der Waals surface area contributed by atoms with Crippen molar-refractivity contribution >= 4 is 28.4 Å². The number of nitrogens with one attached hydrogen (secondary N) is 1. The third-order valence-electron chi connectivity index (χ3n) is 2.07. The van der Waals surface area contributed by atoms with Gasteiger partial charge >= 0.3 is 0 Å². The second kappa shape index (κ2) is 4.15. The Bertz CT molecular complexity index is 584. The van der Waals surface area contributed by atoms with Crippen LogP contribution in [0, 0.1) is 0 Å². The number of carbonyl (C=O) groups excluding carboxylic acids is 1. The SMILES string of the molecule is O=C(Cl)c1c[nH]n(-c2ccc(Cl)cc2)c1=O. The van der Waals surface area contributed by atoms with E-state index in [1.165, 1.54) is 10.9 Å². The summed E-state index contributed by atoms with van der Waals surface area (Å²) < 4.78 is 1.21. The predicted octanol–water partition coefficient (Wildman–Crippen LogP) is 2.20. The fourth-order valence-electron chi connectivity index (χ4n) is 1.29. The van der Waals surface area contributed by atoms with Crippen molar-refractivity contribution in [1.82, 2.24) is 9.78 Å². The molecule has 2 aromatic rings. The van der Waals surface area contributed by atoms with Gasteiger partial charge in [0.2, 0.25) is 0 Å². The van der Waals surface area contributed by atoms with Gasteiger partial charge in [0.1, 0.15) is 5.56 Å². The minimum absolute atomic E-state index is 0.0865. The minimum atomic E-state index is -0.783. The summed E-state index contributed by atoms with van der Waals surface area (Å²) in [5, 5.41) is 2.43. The summed E-state index contributed by atoms with van der Waals surface area (Å²) in [4.78, 5) is 22.6. The van der Waals surface area contributed by atoms with E-state index in [-0.39, 0.29) is 5.56 Å². The highest BCUT2D eigenvalue weighted by atomic mass is 35.5. The van der Waals surface area contributed by atoms with E-state index in [1.807, 2.05) is 0 Å². The molecule has 0 bridgehead atoms. The Balaban J connectivity index is 2.53. The second-order valence-corrected chi connectivity index (χ2v) is 3.86. The Morgan fingerprint density at radius 1 is 1.25 bits per heavy atom. The number of halogens is 2. The van der Waals surface area contributed by atoms with Gasteiger partial charge in [0.15, 0.2) is 0 Å². The largest absolute Gasteiger partial charge is 0.297 e. The van der Waals surface area contributed by atoms with Crippen LogP contribution in [0.2, 0.25) is 5.02 Å². The number of nitrogens with zero attached hydrogens (tertiary/aromatic N) is 1. The van der Waals surface area contributed by atoms with Crippen LogP contribution in [0.25, 0.3) is 5.69 Å². The molecule has 1 heterocycles. The van der Waals surface area contributed by atoms with E-state index in [1.54, 1.807) is 24.3 Å². The van der Waals surface area contributed by atoms with Crippen molar-refractivity contribution in [3.05, 3.63) is 51.4 Å². The van der Waals surface area contributed by atoms with Gasteiger partial charge in [-0.1, -0.05) is 11.6 Å². The summed E-state index contributed by atoms with van der Waals surface area (Å²) in [5.41, 5.74) is 0.0116. The van der Waals surface area contributed by atoms with Gasteiger partial charge in [-0.3, -0.25) is 14.7 Å². The smallest absolute Gasteiger partial charge is 0.283 e. The molecule has 1 N–H and O–H groups in total. The number of H-pyrrole nitrogens is 1. The normalized spacial score (nSPS) is 10.4. The first kappa shape index (κ1) is 11.0. The van der Waals surface area contributed by atoms with Crippen molar-refractivity contribution in [3.63, 3.8) is 0 Å². The van der Waals surface area contributed by atoms with E-state index in [0.29, 0.717) is 10.7 Å². The Labute approximate surface area is 100 Å². The summed E-state index contributed by atoms with van der Waals surface area (Å²) in [6, 6.07) is 6.60. The van der Waals surface area contributed by atoms with Gasteiger partial charge in [0.25, 0.3) is 10.8 Å². The van der Waals surface area contributed by atoms with Gasteiger partial charge in [-0.25, -0.2) is 4.68 Å². The number of rotatable bonds is 2. The summed E-state index contributed by atoms with van der Waals surface area (Å²) in [5.74, 6) is 0. The van der Waals surface area contributed by atoms with E-state index >= 15 is 0 Å². The molecule has 0 unspecified atom stereocenters. The average Bonchev–Trinajstić information content (AvgIpc) is 2.61. The van der Waals surface area contributed by atoms with Gasteiger partial charge in [-0.05, 0) is 35.9 Å². The molecule has 0 aliphatic carbocycles. The molecule has 6 heteroatoms. The van der Waals surface area contributed by atoms with Gasteiger partial charge in [-0.15, -0.1) is 0 Å². The molecule has 2 rings (SSSR count). The Morgan fingerprint density at radius 3 is 2.38 bits per heavy atom. The third-order valence-corrected chi connectivity index (χ3v) is 2.52. The van der Waals surface area contributed by atoms with E-state index in [9.17, 15) is 9.59 Å². The molecule has 0 saturated heterocycles. The van der Waals surface area contributed by atoms with Crippen LogP contribution in [0.5, 0.6) is 0 Å². The van der Waals surface area contributed by atoms with Crippen LogP contribution in [-0.2, 0) is 0 Å². The molecule has 4 nitrogen and oxygen atoms in total. The molecule has 0 radical (unpaired) electrons. The van der Waals surface area contributed by atoms with Crippen molar-refractivity contribution in [2.24, 2.45) is 0 Å². The van der Waals surface area contributed by atoms with Gasteiger partial charge in [0, 0.05) is 11.2 Å². The molecular formula is C10H6Cl2N2O2. The van der Waals surface area contributed by atoms with E-state index < -0.39 is 10.8 Å². The summed E-state index contributed by atoms with van der Waals surface area (Å²) in [6.07, 6.45) is 1.27. The fraction of sp³-hybridized carbons (Fsp3) is 0. The van der Waals surface area contributed by atoms with E-state index in [4.69, 9.17) is 23.2 Å². The van der Waals surface area contributed by atoms with E-state index in [0.717, 1.165) is 0 Å². The lowest BCUT2D eigenvalue weighted by molar-refractivity contribution is 0.108. The first-order valence-electron chi connectivity index (χ1n) is 4.36. The number of aromatic amines is 1. The highest BCUT2D eigenvalue weighted by Crippen LogP contribution is 2.11. The van der Waals surface area contributed by atoms with Gasteiger partial charge in [-0.2, -0.15) is 0 Å². The maximum atomic E-state index is 11.7. The number of benzene rings is 1. The number of carbonyl (C=O) groups is 1. The van der Waals surface area contributed by atoms with Gasteiger partial charge < -0.3 is 0 Å². The van der Waals surface area contributed by atoms with Gasteiger partial charge in [0.05, 0.1) is 5.69 Å². The van der Waals surface area contributed by atoms with Crippen LogP contribution < -0.4 is 5.56 Å². The Morgan fingerprint density at radius 2 is 1.88 bits per heavy atom.